The molecule has 0 atom stereocenters. The van der Waals surface area contributed by atoms with Gasteiger partial charge in [0.2, 0.25) is 0 Å². The highest BCUT2D eigenvalue weighted by Crippen LogP contribution is 2.20. The van der Waals surface area contributed by atoms with E-state index in [0.717, 1.165) is 32.7 Å². The minimum Gasteiger partial charge on any atom is -0.348 e. The normalized spacial score (nSPS) is 17.4. The summed E-state index contributed by atoms with van der Waals surface area (Å²) in [5.74, 6) is 0. The van der Waals surface area contributed by atoms with Gasteiger partial charge in [-0.1, -0.05) is 6.07 Å². The van der Waals surface area contributed by atoms with Crippen molar-refractivity contribution in [3.05, 3.63) is 35.5 Å². The Morgan fingerprint density at radius 1 is 1.17 bits per heavy atom. The van der Waals surface area contributed by atoms with E-state index in [4.69, 9.17) is 0 Å². The first kappa shape index (κ1) is 11.8. The summed E-state index contributed by atoms with van der Waals surface area (Å²) in [6.45, 7) is 7.79. The van der Waals surface area contributed by atoms with Crippen LogP contribution in [0, 0.1) is 6.92 Å². The van der Waals surface area contributed by atoms with Crippen LogP contribution in [0.15, 0.2) is 24.3 Å². The standard InChI is InChI=1S/C15H21N3/c1-12-9-14-10-13(3-4-15(14)17(12)2)11-18-7-5-16-6-8-18/h3-4,9-10,16H,5-8,11H2,1-2H3. The Hall–Kier alpha value is -1.32. The Labute approximate surface area is 108 Å². The van der Waals surface area contributed by atoms with Gasteiger partial charge in [0.25, 0.3) is 0 Å². The van der Waals surface area contributed by atoms with Crippen LogP contribution in [-0.2, 0) is 13.6 Å². The zero-order chi connectivity index (χ0) is 12.5. The summed E-state index contributed by atoms with van der Waals surface area (Å²) in [4.78, 5) is 2.52. The maximum absolute atomic E-state index is 3.40. The smallest absolute Gasteiger partial charge is 0.0479 e. The molecule has 1 aliphatic heterocycles. The van der Waals surface area contributed by atoms with Gasteiger partial charge in [-0.2, -0.15) is 0 Å². The molecular weight excluding hydrogens is 222 g/mol. The molecule has 1 aliphatic rings. The third-order valence-corrected chi connectivity index (χ3v) is 3.96. The summed E-state index contributed by atoms with van der Waals surface area (Å²) in [6.07, 6.45) is 0. The monoisotopic (exact) mass is 243 g/mol. The molecule has 2 aromatic rings. The Bertz CT molecular complexity index is 550. The highest BCUT2D eigenvalue weighted by molar-refractivity contribution is 5.81. The van der Waals surface area contributed by atoms with E-state index >= 15 is 0 Å². The van der Waals surface area contributed by atoms with Crippen molar-refractivity contribution >= 4 is 10.9 Å². The number of hydrogen-bond donors (Lipinski definition) is 1. The maximum atomic E-state index is 3.40. The van der Waals surface area contributed by atoms with Crippen LogP contribution in [-0.4, -0.2) is 35.6 Å². The molecule has 1 aromatic carbocycles. The second kappa shape index (κ2) is 4.75. The molecule has 3 nitrogen and oxygen atoms in total. The van der Waals surface area contributed by atoms with Crippen LogP contribution in [0.1, 0.15) is 11.3 Å². The topological polar surface area (TPSA) is 20.2 Å². The van der Waals surface area contributed by atoms with Crippen molar-refractivity contribution in [3.63, 3.8) is 0 Å². The number of hydrogen-bond acceptors (Lipinski definition) is 2. The van der Waals surface area contributed by atoms with Crippen LogP contribution in [0.3, 0.4) is 0 Å². The molecule has 1 N–H and O–H groups in total. The van der Waals surface area contributed by atoms with Crippen LogP contribution in [0.4, 0.5) is 0 Å². The molecule has 0 saturated carbocycles. The zero-order valence-corrected chi connectivity index (χ0v) is 11.2. The van der Waals surface area contributed by atoms with E-state index in [9.17, 15) is 0 Å². The van der Waals surface area contributed by atoms with E-state index in [0.29, 0.717) is 0 Å². The lowest BCUT2D eigenvalue weighted by atomic mass is 10.1. The van der Waals surface area contributed by atoms with Gasteiger partial charge < -0.3 is 9.88 Å². The highest BCUT2D eigenvalue weighted by atomic mass is 15.2. The van der Waals surface area contributed by atoms with Crippen LogP contribution in [0.5, 0.6) is 0 Å². The van der Waals surface area contributed by atoms with Gasteiger partial charge in [-0.25, -0.2) is 0 Å². The Kier molecular flexibility index (Phi) is 3.10. The van der Waals surface area contributed by atoms with Crippen LogP contribution in [0.25, 0.3) is 10.9 Å². The first-order chi connectivity index (χ1) is 8.74. The number of aromatic nitrogens is 1. The Morgan fingerprint density at radius 2 is 1.94 bits per heavy atom. The molecular formula is C15H21N3. The van der Waals surface area contributed by atoms with Crippen molar-refractivity contribution in [3.8, 4) is 0 Å². The Morgan fingerprint density at radius 3 is 2.72 bits per heavy atom. The molecule has 1 fully saturated rings. The van der Waals surface area contributed by atoms with E-state index in [1.54, 1.807) is 0 Å². The quantitative estimate of drug-likeness (QED) is 0.869. The first-order valence-electron chi connectivity index (χ1n) is 6.72. The van der Waals surface area contributed by atoms with Gasteiger partial charge in [0.15, 0.2) is 0 Å². The second-order valence-corrected chi connectivity index (χ2v) is 5.26. The molecule has 0 amide bonds. The van der Waals surface area contributed by atoms with Crippen molar-refractivity contribution in [2.24, 2.45) is 7.05 Å². The molecule has 3 heteroatoms. The minimum atomic E-state index is 1.07. The van der Waals surface area contributed by atoms with Crippen molar-refractivity contribution in [2.75, 3.05) is 26.2 Å². The van der Waals surface area contributed by atoms with Gasteiger partial charge in [-0.05, 0) is 30.7 Å². The van der Waals surface area contributed by atoms with E-state index < -0.39 is 0 Å². The largest absolute Gasteiger partial charge is 0.348 e. The summed E-state index contributed by atoms with van der Waals surface area (Å²) < 4.78 is 2.25. The number of rotatable bonds is 2. The second-order valence-electron chi connectivity index (χ2n) is 5.26. The fourth-order valence-corrected chi connectivity index (χ4v) is 2.76. The molecule has 1 saturated heterocycles. The summed E-state index contributed by atoms with van der Waals surface area (Å²) in [5.41, 5.74) is 4.08. The molecule has 18 heavy (non-hydrogen) atoms. The lowest BCUT2D eigenvalue weighted by Crippen LogP contribution is -2.42. The molecule has 0 aliphatic carbocycles. The molecule has 96 valence electrons. The van der Waals surface area contributed by atoms with Gasteiger partial charge in [0, 0.05) is 56.4 Å². The van der Waals surface area contributed by atoms with E-state index in [1.165, 1.54) is 22.2 Å². The third kappa shape index (κ3) is 2.16. The molecule has 2 heterocycles. The fraction of sp³-hybridized carbons (Fsp3) is 0.467. The zero-order valence-electron chi connectivity index (χ0n) is 11.2. The third-order valence-electron chi connectivity index (χ3n) is 3.96. The predicted molar refractivity (Wildman–Crippen MR) is 75.8 cm³/mol. The highest BCUT2D eigenvalue weighted by Gasteiger charge is 2.10. The lowest BCUT2D eigenvalue weighted by Gasteiger charge is -2.27. The van der Waals surface area contributed by atoms with Crippen molar-refractivity contribution in [2.45, 2.75) is 13.5 Å². The average molecular weight is 243 g/mol. The number of benzene rings is 1. The van der Waals surface area contributed by atoms with E-state index in [1.807, 2.05) is 0 Å². The number of nitrogens with zero attached hydrogens (tertiary/aromatic N) is 2. The molecule has 0 spiro atoms. The van der Waals surface area contributed by atoms with Gasteiger partial charge in [0.1, 0.15) is 0 Å². The fourth-order valence-electron chi connectivity index (χ4n) is 2.76. The Balaban J connectivity index is 1.84. The van der Waals surface area contributed by atoms with Crippen molar-refractivity contribution in [1.29, 1.82) is 0 Å². The number of nitrogens with one attached hydrogen (secondary N) is 1. The van der Waals surface area contributed by atoms with Crippen LogP contribution < -0.4 is 5.32 Å². The molecule has 0 bridgehead atoms. The van der Waals surface area contributed by atoms with Crippen LogP contribution in [0.2, 0.25) is 0 Å². The van der Waals surface area contributed by atoms with Gasteiger partial charge in [-0.3, -0.25) is 4.90 Å². The van der Waals surface area contributed by atoms with Gasteiger partial charge in [-0.15, -0.1) is 0 Å². The lowest BCUT2D eigenvalue weighted by molar-refractivity contribution is 0.233. The number of aryl methyl sites for hydroxylation is 2. The summed E-state index contributed by atoms with van der Waals surface area (Å²) in [7, 11) is 2.13. The average Bonchev–Trinajstić information content (AvgIpc) is 2.66. The number of piperazine rings is 1. The van der Waals surface area contributed by atoms with E-state index in [-0.39, 0.29) is 0 Å². The first-order valence-corrected chi connectivity index (χ1v) is 6.72. The maximum Gasteiger partial charge on any atom is 0.0479 e. The van der Waals surface area contributed by atoms with Crippen molar-refractivity contribution in [1.82, 2.24) is 14.8 Å². The summed E-state index contributed by atoms with van der Waals surface area (Å²) in [5, 5.41) is 4.76. The van der Waals surface area contributed by atoms with Gasteiger partial charge in [0.05, 0.1) is 0 Å². The molecule has 1 aromatic heterocycles. The predicted octanol–water partition coefficient (Wildman–Crippen LogP) is 1.89. The minimum absolute atomic E-state index is 1.07. The molecule has 3 rings (SSSR count). The summed E-state index contributed by atoms with van der Waals surface area (Å²) >= 11 is 0. The number of fused-ring (bicyclic) bond motifs is 1. The van der Waals surface area contributed by atoms with Crippen molar-refractivity contribution < 1.29 is 0 Å². The van der Waals surface area contributed by atoms with E-state index in [2.05, 4.69) is 53.0 Å². The molecule has 0 radical (unpaired) electrons. The molecule has 0 unspecified atom stereocenters. The SMILES string of the molecule is Cc1cc2cc(CN3CCNCC3)ccc2n1C. The summed E-state index contributed by atoms with van der Waals surface area (Å²) in [6, 6.07) is 9.13. The van der Waals surface area contributed by atoms with Crippen LogP contribution >= 0.6 is 0 Å². The van der Waals surface area contributed by atoms with Gasteiger partial charge >= 0.3 is 0 Å².